The van der Waals surface area contributed by atoms with E-state index in [4.69, 9.17) is 9.84 Å². The van der Waals surface area contributed by atoms with Crippen molar-refractivity contribution in [2.75, 3.05) is 24.8 Å². The van der Waals surface area contributed by atoms with Crippen LogP contribution in [0.2, 0.25) is 0 Å². The number of anilines is 1. The third-order valence-corrected chi connectivity index (χ3v) is 3.32. The summed E-state index contributed by atoms with van der Waals surface area (Å²) in [7, 11) is 1.60. The lowest BCUT2D eigenvalue weighted by Crippen LogP contribution is -2.23. The lowest BCUT2D eigenvalue weighted by Gasteiger charge is -2.11. The molecule has 5 heteroatoms. The minimum Gasteiger partial charge on any atom is -0.497 e. The molecule has 0 heterocycles. The highest BCUT2D eigenvalue weighted by atomic mass is 32.2. The van der Waals surface area contributed by atoms with Gasteiger partial charge in [0.1, 0.15) is 5.75 Å². The van der Waals surface area contributed by atoms with E-state index in [-0.39, 0.29) is 17.8 Å². The van der Waals surface area contributed by atoms with Gasteiger partial charge in [-0.1, -0.05) is 0 Å². The molecule has 1 unspecified atom stereocenters. The van der Waals surface area contributed by atoms with Gasteiger partial charge in [-0.15, -0.1) is 11.8 Å². The number of aliphatic hydroxyl groups is 1. The number of rotatable bonds is 6. The van der Waals surface area contributed by atoms with Crippen LogP contribution < -0.4 is 10.1 Å². The van der Waals surface area contributed by atoms with Gasteiger partial charge in [-0.2, -0.15) is 0 Å². The van der Waals surface area contributed by atoms with Crippen LogP contribution in [-0.4, -0.2) is 35.7 Å². The summed E-state index contributed by atoms with van der Waals surface area (Å²) < 4.78 is 5.03. The number of amides is 1. The maximum atomic E-state index is 11.7. The molecule has 94 valence electrons. The van der Waals surface area contributed by atoms with Crippen molar-refractivity contribution >= 4 is 23.4 Å². The van der Waals surface area contributed by atoms with Gasteiger partial charge in [0.25, 0.3) is 0 Å². The Morgan fingerprint density at radius 1 is 1.47 bits per heavy atom. The van der Waals surface area contributed by atoms with Crippen LogP contribution in [0.15, 0.2) is 24.3 Å². The molecule has 0 aromatic heterocycles. The summed E-state index contributed by atoms with van der Waals surface area (Å²) in [5.74, 6) is 1.26. The Morgan fingerprint density at radius 3 is 2.65 bits per heavy atom. The Balaban J connectivity index is 2.49. The summed E-state index contributed by atoms with van der Waals surface area (Å²) in [4.78, 5) is 11.7. The molecule has 0 saturated carbocycles. The van der Waals surface area contributed by atoms with Crippen molar-refractivity contribution in [2.24, 2.45) is 0 Å². The predicted molar refractivity (Wildman–Crippen MR) is 70.6 cm³/mol. The molecule has 0 bridgehead atoms. The van der Waals surface area contributed by atoms with Crippen molar-refractivity contribution in [3.63, 3.8) is 0 Å². The molecule has 1 aromatic rings. The largest absolute Gasteiger partial charge is 0.497 e. The fourth-order valence-corrected chi connectivity index (χ4v) is 1.89. The fraction of sp³-hybridized carbons (Fsp3) is 0.417. The number of nitrogens with one attached hydrogen (secondary N) is 1. The van der Waals surface area contributed by atoms with Gasteiger partial charge < -0.3 is 15.2 Å². The Hall–Kier alpha value is -1.20. The van der Waals surface area contributed by atoms with E-state index in [0.717, 1.165) is 11.4 Å². The Bertz CT molecular complexity index is 353. The maximum Gasteiger partial charge on any atom is 0.237 e. The number of hydrogen-bond acceptors (Lipinski definition) is 4. The van der Waals surface area contributed by atoms with E-state index in [9.17, 15) is 4.79 Å². The summed E-state index contributed by atoms with van der Waals surface area (Å²) >= 11 is 1.42. The lowest BCUT2D eigenvalue weighted by atomic mass is 10.3. The quantitative estimate of drug-likeness (QED) is 0.813. The standard InChI is InChI=1S/C12H17NO3S/c1-9(17-8-7-14)12(15)13-10-3-5-11(16-2)6-4-10/h3-6,9,14H,7-8H2,1-2H3,(H,13,15). The van der Waals surface area contributed by atoms with E-state index in [1.165, 1.54) is 11.8 Å². The van der Waals surface area contributed by atoms with E-state index in [2.05, 4.69) is 5.32 Å². The van der Waals surface area contributed by atoms with E-state index in [1.807, 2.05) is 6.92 Å². The van der Waals surface area contributed by atoms with Crippen molar-refractivity contribution in [1.82, 2.24) is 0 Å². The van der Waals surface area contributed by atoms with Gasteiger partial charge in [0.2, 0.25) is 5.91 Å². The highest BCUT2D eigenvalue weighted by molar-refractivity contribution is 8.00. The Labute approximate surface area is 105 Å². The summed E-state index contributed by atoms with van der Waals surface area (Å²) in [6.07, 6.45) is 0. The van der Waals surface area contributed by atoms with Gasteiger partial charge in [0.05, 0.1) is 19.0 Å². The highest BCUT2D eigenvalue weighted by Crippen LogP contribution is 2.17. The average molecular weight is 255 g/mol. The number of hydrogen-bond donors (Lipinski definition) is 2. The molecule has 17 heavy (non-hydrogen) atoms. The number of ether oxygens (including phenoxy) is 1. The molecule has 1 atom stereocenters. The molecular formula is C12H17NO3S. The first kappa shape index (κ1) is 13.9. The van der Waals surface area contributed by atoms with E-state index < -0.39 is 0 Å². The summed E-state index contributed by atoms with van der Waals surface area (Å²) in [5.41, 5.74) is 0.743. The van der Waals surface area contributed by atoms with Crippen molar-refractivity contribution in [3.05, 3.63) is 24.3 Å². The zero-order chi connectivity index (χ0) is 12.7. The highest BCUT2D eigenvalue weighted by Gasteiger charge is 2.12. The van der Waals surface area contributed by atoms with Crippen molar-refractivity contribution in [3.8, 4) is 5.75 Å². The maximum absolute atomic E-state index is 11.7. The number of thioether (sulfide) groups is 1. The molecule has 0 saturated heterocycles. The Kier molecular flexibility index (Phi) is 5.86. The van der Waals surface area contributed by atoms with Crippen LogP contribution in [0.3, 0.4) is 0 Å². The summed E-state index contributed by atoms with van der Waals surface area (Å²) in [5, 5.41) is 11.3. The topological polar surface area (TPSA) is 58.6 Å². The van der Waals surface area contributed by atoms with E-state index in [1.54, 1.807) is 31.4 Å². The van der Waals surface area contributed by atoms with Gasteiger partial charge in [0, 0.05) is 11.4 Å². The van der Waals surface area contributed by atoms with Crippen LogP contribution in [-0.2, 0) is 4.79 Å². The molecule has 0 aliphatic rings. The minimum absolute atomic E-state index is 0.0615. The first-order valence-corrected chi connectivity index (χ1v) is 6.39. The number of carbonyl (C=O) groups excluding carboxylic acids is 1. The SMILES string of the molecule is COc1ccc(NC(=O)C(C)SCCO)cc1. The molecule has 0 spiro atoms. The zero-order valence-corrected chi connectivity index (χ0v) is 10.8. The fourth-order valence-electron chi connectivity index (χ4n) is 1.22. The smallest absolute Gasteiger partial charge is 0.237 e. The summed E-state index contributed by atoms with van der Waals surface area (Å²) in [6, 6.07) is 7.17. The predicted octanol–water partition coefficient (Wildman–Crippen LogP) is 1.75. The molecule has 0 radical (unpaired) electrons. The second-order valence-electron chi connectivity index (χ2n) is 3.45. The monoisotopic (exact) mass is 255 g/mol. The van der Waals surface area contributed by atoms with E-state index in [0.29, 0.717) is 5.75 Å². The minimum atomic E-state index is -0.177. The molecule has 0 aliphatic heterocycles. The van der Waals surface area contributed by atoms with Crippen LogP contribution in [0.4, 0.5) is 5.69 Å². The second kappa shape index (κ2) is 7.19. The van der Waals surface area contributed by atoms with Crippen LogP contribution in [0.1, 0.15) is 6.92 Å². The Morgan fingerprint density at radius 2 is 2.12 bits per heavy atom. The molecule has 0 fully saturated rings. The van der Waals surface area contributed by atoms with Crippen molar-refractivity contribution in [2.45, 2.75) is 12.2 Å². The number of benzene rings is 1. The van der Waals surface area contributed by atoms with Crippen LogP contribution in [0.5, 0.6) is 5.75 Å². The lowest BCUT2D eigenvalue weighted by molar-refractivity contribution is -0.115. The van der Waals surface area contributed by atoms with Crippen molar-refractivity contribution < 1.29 is 14.6 Å². The molecule has 1 amide bonds. The van der Waals surface area contributed by atoms with Crippen LogP contribution >= 0.6 is 11.8 Å². The summed E-state index contributed by atoms with van der Waals surface area (Å²) in [6.45, 7) is 1.91. The molecule has 1 aromatic carbocycles. The first-order chi connectivity index (χ1) is 8.17. The molecule has 2 N–H and O–H groups in total. The average Bonchev–Trinajstić information content (AvgIpc) is 2.36. The molecule has 4 nitrogen and oxygen atoms in total. The van der Waals surface area contributed by atoms with Gasteiger partial charge in [-0.3, -0.25) is 4.79 Å². The van der Waals surface area contributed by atoms with Crippen LogP contribution in [0, 0.1) is 0 Å². The van der Waals surface area contributed by atoms with Gasteiger partial charge in [0.15, 0.2) is 0 Å². The van der Waals surface area contributed by atoms with Crippen molar-refractivity contribution in [1.29, 1.82) is 0 Å². The molecule has 1 rings (SSSR count). The van der Waals surface area contributed by atoms with E-state index >= 15 is 0 Å². The number of aliphatic hydroxyl groups excluding tert-OH is 1. The van der Waals surface area contributed by atoms with Crippen LogP contribution in [0.25, 0.3) is 0 Å². The third-order valence-electron chi connectivity index (χ3n) is 2.19. The third kappa shape index (κ3) is 4.66. The number of carbonyl (C=O) groups is 1. The zero-order valence-electron chi connectivity index (χ0n) is 9.97. The number of methoxy groups -OCH3 is 1. The normalized spacial score (nSPS) is 11.9. The second-order valence-corrected chi connectivity index (χ2v) is 4.90. The van der Waals surface area contributed by atoms with Gasteiger partial charge in [-0.05, 0) is 31.2 Å². The van der Waals surface area contributed by atoms with Gasteiger partial charge in [-0.25, -0.2) is 0 Å². The van der Waals surface area contributed by atoms with Gasteiger partial charge >= 0.3 is 0 Å². The molecular weight excluding hydrogens is 238 g/mol. The first-order valence-electron chi connectivity index (χ1n) is 5.34. The molecule has 0 aliphatic carbocycles.